The number of rotatable bonds is 2. The monoisotopic (exact) mass is 220 g/mol. The van der Waals surface area contributed by atoms with Crippen molar-refractivity contribution >= 4 is 33.7 Å². The third kappa shape index (κ3) is 1.53. The number of aldehydes is 1. The second-order valence-electron chi connectivity index (χ2n) is 2.95. The molecule has 0 spiro atoms. The first-order chi connectivity index (χ1) is 7.27. The average molecular weight is 220 g/mol. The van der Waals surface area contributed by atoms with Gasteiger partial charge in [0.1, 0.15) is 4.88 Å². The van der Waals surface area contributed by atoms with Crippen molar-refractivity contribution in [2.75, 3.05) is 7.11 Å². The molecule has 15 heavy (non-hydrogen) atoms. The Morgan fingerprint density at radius 1 is 1.40 bits per heavy atom. The summed E-state index contributed by atoms with van der Waals surface area (Å²) >= 11 is 1.28. The Labute approximate surface area is 90.3 Å². The average Bonchev–Trinajstić information content (AvgIpc) is 2.66. The molecule has 0 saturated carbocycles. The first kappa shape index (κ1) is 9.86. The maximum Gasteiger partial charge on any atom is 0.348 e. The van der Waals surface area contributed by atoms with Gasteiger partial charge in [-0.1, -0.05) is 18.2 Å². The quantitative estimate of drug-likeness (QED) is 0.577. The normalized spacial score (nSPS) is 10.2. The summed E-state index contributed by atoms with van der Waals surface area (Å²) in [6.07, 6.45) is 0.699. The van der Waals surface area contributed by atoms with Crippen LogP contribution in [0.4, 0.5) is 0 Å². The Morgan fingerprint density at radius 2 is 2.13 bits per heavy atom. The summed E-state index contributed by atoms with van der Waals surface area (Å²) in [5, 5.41) is 0.804. The molecular weight excluding hydrogens is 212 g/mol. The van der Waals surface area contributed by atoms with E-state index in [0.717, 1.165) is 10.1 Å². The van der Waals surface area contributed by atoms with E-state index >= 15 is 0 Å². The SMILES string of the molecule is COC(=O)c1sc2ccccc2c1C=O. The third-order valence-electron chi connectivity index (χ3n) is 2.12. The molecule has 0 aliphatic rings. The number of hydrogen-bond acceptors (Lipinski definition) is 4. The van der Waals surface area contributed by atoms with Crippen LogP contribution in [0.1, 0.15) is 20.0 Å². The van der Waals surface area contributed by atoms with Crippen molar-refractivity contribution in [1.29, 1.82) is 0 Å². The molecule has 2 rings (SSSR count). The number of esters is 1. The van der Waals surface area contributed by atoms with Gasteiger partial charge >= 0.3 is 5.97 Å². The minimum absolute atomic E-state index is 0.369. The maximum atomic E-state index is 11.4. The molecule has 0 atom stereocenters. The van der Waals surface area contributed by atoms with Crippen molar-refractivity contribution in [2.24, 2.45) is 0 Å². The van der Waals surface area contributed by atoms with E-state index < -0.39 is 5.97 Å². The van der Waals surface area contributed by atoms with E-state index in [1.807, 2.05) is 24.3 Å². The van der Waals surface area contributed by atoms with Gasteiger partial charge < -0.3 is 4.74 Å². The lowest BCUT2D eigenvalue weighted by atomic mass is 10.1. The molecule has 2 aromatic rings. The van der Waals surface area contributed by atoms with E-state index in [0.29, 0.717) is 16.7 Å². The molecule has 0 aliphatic heterocycles. The largest absolute Gasteiger partial charge is 0.465 e. The van der Waals surface area contributed by atoms with E-state index in [2.05, 4.69) is 4.74 Å². The molecule has 0 radical (unpaired) electrons. The van der Waals surface area contributed by atoms with Crippen molar-refractivity contribution in [3.63, 3.8) is 0 Å². The highest BCUT2D eigenvalue weighted by atomic mass is 32.1. The molecule has 0 saturated heterocycles. The number of benzene rings is 1. The van der Waals surface area contributed by atoms with Gasteiger partial charge in [-0.25, -0.2) is 4.79 Å². The summed E-state index contributed by atoms with van der Waals surface area (Å²) < 4.78 is 5.54. The van der Waals surface area contributed by atoms with Gasteiger partial charge in [0, 0.05) is 15.6 Å². The van der Waals surface area contributed by atoms with Gasteiger partial charge in [-0.2, -0.15) is 0 Å². The highest BCUT2D eigenvalue weighted by Gasteiger charge is 2.17. The Kier molecular flexibility index (Phi) is 2.51. The van der Waals surface area contributed by atoms with Crippen molar-refractivity contribution in [2.45, 2.75) is 0 Å². The molecule has 1 heterocycles. The Morgan fingerprint density at radius 3 is 2.80 bits per heavy atom. The van der Waals surface area contributed by atoms with Crippen LogP contribution in [-0.2, 0) is 4.74 Å². The van der Waals surface area contributed by atoms with Gasteiger partial charge in [0.15, 0.2) is 6.29 Å². The Bertz CT molecular complexity index is 528. The zero-order valence-electron chi connectivity index (χ0n) is 8.02. The van der Waals surface area contributed by atoms with E-state index in [-0.39, 0.29) is 0 Å². The van der Waals surface area contributed by atoms with Crippen molar-refractivity contribution in [1.82, 2.24) is 0 Å². The zero-order chi connectivity index (χ0) is 10.8. The lowest BCUT2D eigenvalue weighted by Crippen LogP contribution is -2.01. The zero-order valence-corrected chi connectivity index (χ0v) is 8.84. The maximum absolute atomic E-state index is 11.4. The number of carbonyl (C=O) groups excluding carboxylic acids is 2. The molecule has 0 aliphatic carbocycles. The fraction of sp³-hybridized carbons (Fsp3) is 0.0909. The van der Waals surface area contributed by atoms with Crippen LogP contribution in [0, 0.1) is 0 Å². The number of carbonyl (C=O) groups is 2. The molecule has 0 amide bonds. The molecule has 0 fully saturated rings. The van der Waals surface area contributed by atoms with E-state index in [1.54, 1.807) is 0 Å². The molecular formula is C11H8O3S. The molecule has 0 N–H and O–H groups in total. The summed E-state index contributed by atoms with van der Waals surface area (Å²) in [5.41, 5.74) is 0.419. The van der Waals surface area contributed by atoms with Gasteiger partial charge in [-0.3, -0.25) is 4.79 Å². The molecule has 76 valence electrons. The molecule has 0 bridgehead atoms. The highest BCUT2D eigenvalue weighted by Crippen LogP contribution is 2.30. The first-order valence-corrected chi connectivity index (χ1v) is 5.14. The van der Waals surface area contributed by atoms with Gasteiger partial charge in [-0.05, 0) is 6.07 Å². The van der Waals surface area contributed by atoms with Crippen molar-refractivity contribution in [3.8, 4) is 0 Å². The summed E-state index contributed by atoms with van der Waals surface area (Å²) in [7, 11) is 1.31. The van der Waals surface area contributed by atoms with Crippen LogP contribution < -0.4 is 0 Å². The molecule has 1 aromatic carbocycles. The lowest BCUT2D eigenvalue weighted by molar-refractivity contribution is 0.0604. The molecule has 3 nitrogen and oxygen atoms in total. The predicted molar refractivity (Wildman–Crippen MR) is 58.6 cm³/mol. The van der Waals surface area contributed by atoms with Crippen molar-refractivity contribution < 1.29 is 14.3 Å². The summed E-state index contributed by atoms with van der Waals surface area (Å²) in [4.78, 5) is 22.7. The topological polar surface area (TPSA) is 43.4 Å². The fourth-order valence-corrected chi connectivity index (χ4v) is 2.52. The van der Waals surface area contributed by atoms with E-state index in [9.17, 15) is 9.59 Å². The van der Waals surface area contributed by atoms with Crippen LogP contribution in [0.15, 0.2) is 24.3 Å². The number of methoxy groups -OCH3 is 1. The van der Waals surface area contributed by atoms with E-state index in [4.69, 9.17) is 0 Å². The van der Waals surface area contributed by atoms with Crippen LogP contribution in [0.5, 0.6) is 0 Å². The first-order valence-electron chi connectivity index (χ1n) is 4.33. The standard InChI is InChI=1S/C11H8O3S/c1-14-11(13)10-8(6-12)7-4-2-3-5-9(7)15-10/h2-6H,1H3. The highest BCUT2D eigenvalue weighted by molar-refractivity contribution is 7.21. The van der Waals surface area contributed by atoms with Crippen LogP contribution in [0.2, 0.25) is 0 Å². The van der Waals surface area contributed by atoms with Crippen LogP contribution in [0.25, 0.3) is 10.1 Å². The van der Waals surface area contributed by atoms with Crippen LogP contribution >= 0.6 is 11.3 Å². The van der Waals surface area contributed by atoms with Gasteiger partial charge in [0.05, 0.1) is 7.11 Å². The van der Waals surface area contributed by atoms with Crippen LogP contribution in [-0.4, -0.2) is 19.4 Å². The fourth-order valence-electron chi connectivity index (χ4n) is 1.43. The van der Waals surface area contributed by atoms with Gasteiger partial charge in [0.2, 0.25) is 0 Å². The number of thiophene rings is 1. The number of ether oxygens (including phenoxy) is 1. The minimum Gasteiger partial charge on any atom is -0.465 e. The predicted octanol–water partition coefficient (Wildman–Crippen LogP) is 2.50. The third-order valence-corrected chi connectivity index (χ3v) is 3.29. The second kappa shape index (κ2) is 3.82. The van der Waals surface area contributed by atoms with Gasteiger partial charge in [0.25, 0.3) is 0 Å². The summed E-state index contributed by atoms with van der Waals surface area (Å²) in [6, 6.07) is 7.40. The Balaban J connectivity index is 2.74. The molecule has 4 heteroatoms. The molecule has 1 aromatic heterocycles. The minimum atomic E-state index is -0.460. The van der Waals surface area contributed by atoms with E-state index in [1.165, 1.54) is 18.4 Å². The lowest BCUT2D eigenvalue weighted by Gasteiger charge is -1.94. The van der Waals surface area contributed by atoms with Gasteiger partial charge in [-0.15, -0.1) is 11.3 Å². The summed E-state index contributed by atoms with van der Waals surface area (Å²) in [5.74, 6) is -0.460. The van der Waals surface area contributed by atoms with Crippen LogP contribution in [0.3, 0.4) is 0 Å². The number of fused-ring (bicyclic) bond motifs is 1. The second-order valence-corrected chi connectivity index (χ2v) is 4.00. The Hall–Kier alpha value is -1.68. The molecule has 0 unspecified atom stereocenters. The summed E-state index contributed by atoms with van der Waals surface area (Å²) in [6.45, 7) is 0. The smallest absolute Gasteiger partial charge is 0.348 e. The number of hydrogen-bond donors (Lipinski definition) is 0. The van der Waals surface area contributed by atoms with Crippen molar-refractivity contribution in [3.05, 3.63) is 34.7 Å².